The number of piperidine rings is 2. The van der Waals surface area contributed by atoms with Gasteiger partial charge in [-0.05, 0) is 38.5 Å². The van der Waals surface area contributed by atoms with Crippen molar-refractivity contribution in [3.05, 3.63) is 11.5 Å². The van der Waals surface area contributed by atoms with E-state index in [9.17, 15) is 13.2 Å². The number of hydrogen-bond acceptors (Lipinski definition) is 6. The van der Waals surface area contributed by atoms with Gasteiger partial charge in [-0.15, -0.1) is 0 Å². The molecule has 0 saturated carbocycles. The van der Waals surface area contributed by atoms with E-state index in [4.69, 9.17) is 10.3 Å². The second kappa shape index (κ2) is 7.18. The number of carbonyl (C=O) groups is 1. The van der Waals surface area contributed by atoms with E-state index in [0.717, 1.165) is 6.42 Å². The molecule has 3 heterocycles. The molecule has 27 heavy (non-hydrogen) atoms. The summed E-state index contributed by atoms with van der Waals surface area (Å²) >= 11 is 0. The fourth-order valence-corrected chi connectivity index (χ4v) is 5.90. The molecule has 1 aromatic rings. The zero-order valence-corrected chi connectivity index (χ0v) is 17.4. The van der Waals surface area contributed by atoms with E-state index in [1.54, 1.807) is 13.8 Å². The van der Waals surface area contributed by atoms with Crippen molar-refractivity contribution < 1.29 is 17.7 Å². The molecule has 0 spiro atoms. The average Bonchev–Trinajstić information content (AvgIpc) is 2.96. The smallest absolute Gasteiger partial charge is 0.248 e. The van der Waals surface area contributed by atoms with Gasteiger partial charge in [0.1, 0.15) is 10.6 Å². The van der Waals surface area contributed by atoms with Gasteiger partial charge in [-0.25, -0.2) is 8.42 Å². The van der Waals surface area contributed by atoms with Crippen LogP contribution in [0.2, 0.25) is 0 Å². The minimum atomic E-state index is -3.64. The SMILES string of the molecule is Cc1noc(C)c1S(=O)(=O)N1CCC(C(=O)N2CCC(N)C(C)(C)C2)CC1. The summed E-state index contributed by atoms with van der Waals surface area (Å²) < 4.78 is 32.3. The minimum Gasteiger partial charge on any atom is -0.360 e. The molecule has 0 aromatic carbocycles. The van der Waals surface area contributed by atoms with Gasteiger partial charge in [-0.2, -0.15) is 4.31 Å². The Morgan fingerprint density at radius 1 is 1.19 bits per heavy atom. The van der Waals surface area contributed by atoms with Crippen molar-refractivity contribution in [2.75, 3.05) is 26.2 Å². The van der Waals surface area contributed by atoms with Gasteiger partial charge in [0.05, 0.1) is 0 Å². The Labute approximate surface area is 161 Å². The topological polar surface area (TPSA) is 110 Å². The third-order valence-electron chi connectivity index (χ3n) is 5.99. The minimum absolute atomic E-state index is 0.0959. The molecular weight excluding hydrogens is 368 g/mol. The number of hydrogen-bond donors (Lipinski definition) is 1. The van der Waals surface area contributed by atoms with Crippen LogP contribution in [0, 0.1) is 25.2 Å². The highest BCUT2D eigenvalue weighted by Gasteiger charge is 2.40. The largest absolute Gasteiger partial charge is 0.360 e. The van der Waals surface area contributed by atoms with Crippen LogP contribution in [0.1, 0.15) is 44.6 Å². The monoisotopic (exact) mass is 398 g/mol. The first-order chi connectivity index (χ1) is 12.5. The maximum absolute atomic E-state index is 12.9. The summed E-state index contributed by atoms with van der Waals surface area (Å²) in [4.78, 5) is 15.0. The van der Waals surface area contributed by atoms with Gasteiger partial charge in [0.25, 0.3) is 0 Å². The van der Waals surface area contributed by atoms with Crippen LogP contribution < -0.4 is 5.73 Å². The lowest BCUT2D eigenvalue weighted by atomic mass is 9.79. The Kier molecular flexibility index (Phi) is 5.39. The zero-order valence-electron chi connectivity index (χ0n) is 16.6. The molecule has 2 fully saturated rings. The van der Waals surface area contributed by atoms with Crippen LogP contribution in [0.15, 0.2) is 9.42 Å². The van der Waals surface area contributed by atoms with E-state index < -0.39 is 10.0 Å². The first-order valence-electron chi connectivity index (χ1n) is 9.51. The molecule has 3 rings (SSSR count). The van der Waals surface area contributed by atoms with E-state index in [1.807, 2.05) is 4.90 Å². The van der Waals surface area contributed by atoms with Gasteiger partial charge < -0.3 is 15.2 Å². The molecule has 2 saturated heterocycles. The van der Waals surface area contributed by atoms with E-state index in [0.29, 0.717) is 50.5 Å². The Balaban J connectivity index is 1.65. The van der Waals surface area contributed by atoms with Crippen molar-refractivity contribution in [3.8, 4) is 0 Å². The Hall–Kier alpha value is -1.45. The van der Waals surface area contributed by atoms with Crippen LogP contribution in [0.4, 0.5) is 0 Å². The molecule has 2 aliphatic rings. The summed E-state index contributed by atoms with van der Waals surface area (Å²) in [6.07, 6.45) is 1.87. The molecule has 152 valence electrons. The summed E-state index contributed by atoms with van der Waals surface area (Å²) in [7, 11) is -3.64. The van der Waals surface area contributed by atoms with Crippen LogP contribution in [-0.4, -0.2) is 60.9 Å². The Morgan fingerprint density at radius 2 is 1.81 bits per heavy atom. The number of sulfonamides is 1. The Morgan fingerprint density at radius 3 is 2.33 bits per heavy atom. The molecule has 0 aliphatic carbocycles. The summed E-state index contributed by atoms with van der Waals surface area (Å²) in [5, 5.41) is 3.75. The lowest BCUT2D eigenvalue weighted by molar-refractivity contribution is -0.140. The lowest BCUT2D eigenvalue weighted by Crippen LogP contribution is -2.55. The number of aromatic nitrogens is 1. The number of likely N-dealkylation sites (tertiary alicyclic amines) is 1. The molecule has 8 nitrogen and oxygen atoms in total. The summed E-state index contributed by atoms with van der Waals surface area (Å²) in [6, 6.07) is 0.101. The standard InChI is InChI=1S/C18H30N4O4S/c1-12-16(13(2)26-20-12)27(24,25)22-9-5-14(6-10-22)17(23)21-8-7-15(19)18(3,4)11-21/h14-15H,5-11,19H2,1-4H3. The van der Waals surface area contributed by atoms with Crippen LogP contribution >= 0.6 is 0 Å². The maximum atomic E-state index is 12.9. The highest BCUT2D eigenvalue weighted by Crippen LogP contribution is 2.32. The second-order valence-electron chi connectivity index (χ2n) is 8.48. The van der Waals surface area contributed by atoms with E-state index in [-0.39, 0.29) is 28.2 Å². The molecule has 9 heteroatoms. The molecule has 1 amide bonds. The van der Waals surface area contributed by atoms with Gasteiger partial charge in [0.2, 0.25) is 15.9 Å². The van der Waals surface area contributed by atoms with Gasteiger partial charge in [0, 0.05) is 38.1 Å². The van der Waals surface area contributed by atoms with Crippen molar-refractivity contribution in [1.82, 2.24) is 14.4 Å². The highest BCUT2D eigenvalue weighted by molar-refractivity contribution is 7.89. The molecule has 1 aromatic heterocycles. The molecule has 2 aliphatic heterocycles. The Bertz CT molecular complexity index is 790. The molecule has 2 N–H and O–H groups in total. The zero-order chi connectivity index (χ0) is 20.0. The predicted molar refractivity (Wildman–Crippen MR) is 100 cm³/mol. The second-order valence-corrected chi connectivity index (χ2v) is 10.3. The van der Waals surface area contributed by atoms with Crippen LogP contribution in [-0.2, 0) is 14.8 Å². The first kappa shape index (κ1) is 20.3. The molecule has 1 unspecified atom stereocenters. The van der Waals surface area contributed by atoms with Crippen LogP contribution in [0.5, 0.6) is 0 Å². The van der Waals surface area contributed by atoms with Crippen molar-refractivity contribution in [1.29, 1.82) is 0 Å². The first-order valence-corrected chi connectivity index (χ1v) is 11.0. The fourth-order valence-electron chi connectivity index (χ4n) is 4.14. The molecular formula is C18H30N4O4S. The number of nitrogens with zero attached hydrogens (tertiary/aromatic N) is 3. The maximum Gasteiger partial charge on any atom is 0.248 e. The third kappa shape index (κ3) is 3.77. The molecule has 0 radical (unpaired) electrons. The van der Waals surface area contributed by atoms with Crippen molar-refractivity contribution in [2.45, 2.75) is 57.9 Å². The highest BCUT2D eigenvalue weighted by atomic mass is 32.2. The number of carbonyl (C=O) groups excluding carboxylic acids is 1. The third-order valence-corrected chi connectivity index (χ3v) is 8.14. The summed E-state index contributed by atoms with van der Waals surface area (Å²) in [5.74, 6) is 0.299. The van der Waals surface area contributed by atoms with Crippen molar-refractivity contribution >= 4 is 15.9 Å². The summed E-state index contributed by atoms with van der Waals surface area (Å²) in [6.45, 7) is 9.42. The van der Waals surface area contributed by atoms with E-state index >= 15 is 0 Å². The van der Waals surface area contributed by atoms with Gasteiger partial charge in [-0.1, -0.05) is 19.0 Å². The molecule has 0 bridgehead atoms. The van der Waals surface area contributed by atoms with E-state index in [2.05, 4.69) is 19.0 Å². The quantitative estimate of drug-likeness (QED) is 0.821. The molecule has 1 atom stereocenters. The average molecular weight is 399 g/mol. The van der Waals surface area contributed by atoms with Gasteiger partial charge in [0.15, 0.2) is 5.76 Å². The van der Waals surface area contributed by atoms with Crippen LogP contribution in [0.25, 0.3) is 0 Å². The van der Waals surface area contributed by atoms with Crippen molar-refractivity contribution in [3.63, 3.8) is 0 Å². The number of amides is 1. The number of aryl methyl sites for hydroxylation is 2. The van der Waals surface area contributed by atoms with Crippen LogP contribution in [0.3, 0.4) is 0 Å². The van der Waals surface area contributed by atoms with Crippen molar-refractivity contribution in [2.24, 2.45) is 17.1 Å². The van der Waals surface area contributed by atoms with E-state index in [1.165, 1.54) is 4.31 Å². The van der Waals surface area contributed by atoms with Gasteiger partial charge >= 0.3 is 0 Å². The normalized spacial score (nSPS) is 24.9. The number of rotatable bonds is 3. The van der Waals surface area contributed by atoms with Gasteiger partial charge in [-0.3, -0.25) is 4.79 Å². The number of nitrogens with two attached hydrogens (primary N) is 1. The summed E-state index contributed by atoms with van der Waals surface area (Å²) in [5.41, 5.74) is 6.44. The lowest BCUT2D eigenvalue weighted by Gasteiger charge is -2.44. The predicted octanol–water partition coefficient (Wildman–Crippen LogP) is 1.28. The fraction of sp³-hybridized carbons (Fsp3) is 0.778.